The standard InChI is InChI=1S/C20H26N2O4S/c1-15-13-19(16(2)12-18(15)26-3)27(24,25)22-14-20(23)21-11-7-10-17-8-5-4-6-9-17/h4-6,8-9,12-13,22H,7,10-11,14H2,1-3H3,(H,21,23). The highest BCUT2D eigenvalue weighted by atomic mass is 32.2. The van der Waals surface area contributed by atoms with E-state index in [-0.39, 0.29) is 17.3 Å². The van der Waals surface area contributed by atoms with E-state index < -0.39 is 10.0 Å². The maximum Gasteiger partial charge on any atom is 0.241 e. The fraction of sp³-hybridized carbons (Fsp3) is 0.350. The molecule has 0 bridgehead atoms. The van der Waals surface area contributed by atoms with E-state index in [4.69, 9.17) is 4.74 Å². The summed E-state index contributed by atoms with van der Waals surface area (Å²) in [5, 5.41) is 2.74. The van der Waals surface area contributed by atoms with E-state index in [9.17, 15) is 13.2 Å². The molecule has 1 amide bonds. The number of benzene rings is 2. The molecule has 0 atom stereocenters. The predicted molar refractivity (Wildman–Crippen MR) is 105 cm³/mol. The summed E-state index contributed by atoms with van der Waals surface area (Å²) >= 11 is 0. The Bertz CT molecular complexity index is 880. The first-order valence-electron chi connectivity index (χ1n) is 8.79. The Labute approximate surface area is 161 Å². The van der Waals surface area contributed by atoms with E-state index in [0.717, 1.165) is 12.8 Å². The number of carbonyl (C=O) groups excluding carboxylic acids is 1. The van der Waals surface area contributed by atoms with Crippen LogP contribution < -0.4 is 14.8 Å². The van der Waals surface area contributed by atoms with Crippen molar-refractivity contribution in [2.75, 3.05) is 20.2 Å². The molecule has 7 heteroatoms. The number of amides is 1. The Balaban J connectivity index is 1.84. The van der Waals surface area contributed by atoms with E-state index in [1.54, 1.807) is 26.0 Å². The summed E-state index contributed by atoms with van der Waals surface area (Å²) in [4.78, 5) is 12.1. The number of ether oxygens (including phenoxy) is 1. The number of aryl methyl sites for hydroxylation is 3. The Morgan fingerprint density at radius 3 is 2.44 bits per heavy atom. The lowest BCUT2D eigenvalue weighted by Gasteiger charge is -2.13. The molecule has 0 fully saturated rings. The van der Waals surface area contributed by atoms with Crippen molar-refractivity contribution >= 4 is 15.9 Å². The summed E-state index contributed by atoms with van der Waals surface area (Å²) in [6, 6.07) is 13.2. The van der Waals surface area contributed by atoms with Crippen LogP contribution in [0.25, 0.3) is 0 Å². The summed E-state index contributed by atoms with van der Waals surface area (Å²) in [6.07, 6.45) is 1.65. The second kappa shape index (κ2) is 9.53. The van der Waals surface area contributed by atoms with Gasteiger partial charge >= 0.3 is 0 Å². The highest BCUT2D eigenvalue weighted by molar-refractivity contribution is 7.89. The number of nitrogens with one attached hydrogen (secondary N) is 2. The molecule has 2 aromatic rings. The fourth-order valence-electron chi connectivity index (χ4n) is 2.74. The first-order valence-corrected chi connectivity index (χ1v) is 10.3. The number of hydrogen-bond acceptors (Lipinski definition) is 4. The summed E-state index contributed by atoms with van der Waals surface area (Å²) in [6.45, 7) is 3.67. The van der Waals surface area contributed by atoms with Gasteiger partial charge in [0.1, 0.15) is 5.75 Å². The summed E-state index contributed by atoms with van der Waals surface area (Å²) < 4.78 is 32.5. The maximum atomic E-state index is 12.5. The van der Waals surface area contributed by atoms with Crippen molar-refractivity contribution in [3.05, 3.63) is 59.2 Å². The zero-order valence-electron chi connectivity index (χ0n) is 15.9. The number of methoxy groups -OCH3 is 1. The molecule has 2 aromatic carbocycles. The Hall–Kier alpha value is -2.38. The minimum Gasteiger partial charge on any atom is -0.496 e. The first kappa shape index (κ1) is 20.9. The van der Waals surface area contributed by atoms with Crippen molar-refractivity contribution in [3.8, 4) is 5.75 Å². The molecule has 0 saturated carbocycles. The first-order chi connectivity index (χ1) is 12.8. The van der Waals surface area contributed by atoms with Crippen molar-refractivity contribution in [1.82, 2.24) is 10.0 Å². The minimum absolute atomic E-state index is 0.151. The third-order valence-electron chi connectivity index (χ3n) is 4.21. The molecule has 0 unspecified atom stereocenters. The van der Waals surface area contributed by atoms with Gasteiger partial charge in [0, 0.05) is 6.54 Å². The van der Waals surface area contributed by atoms with Crippen LogP contribution in [0.15, 0.2) is 47.4 Å². The summed E-state index contributed by atoms with van der Waals surface area (Å²) in [7, 11) is -2.24. The number of carbonyl (C=O) groups is 1. The largest absolute Gasteiger partial charge is 0.496 e. The monoisotopic (exact) mass is 390 g/mol. The third-order valence-corrected chi connectivity index (χ3v) is 5.76. The van der Waals surface area contributed by atoms with Crippen molar-refractivity contribution in [1.29, 1.82) is 0 Å². The quantitative estimate of drug-likeness (QED) is 0.644. The molecule has 2 rings (SSSR count). The van der Waals surface area contributed by atoms with E-state index >= 15 is 0 Å². The summed E-state index contributed by atoms with van der Waals surface area (Å²) in [5.41, 5.74) is 2.49. The van der Waals surface area contributed by atoms with Gasteiger partial charge in [-0.3, -0.25) is 4.79 Å². The lowest BCUT2D eigenvalue weighted by molar-refractivity contribution is -0.119. The van der Waals surface area contributed by atoms with Crippen LogP contribution >= 0.6 is 0 Å². The average Bonchev–Trinajstić information content (AvgIpc) is 2.66. The molecule has 27 heavy (non-hydrogen) atoms. The molecule has 0 aliphatic rings. The lowest BCUT2D eigenvalue weighted by Crippen LogP contribution is -2.37. The second-order valence-corrected chi connectivity index (χ2v) is 8.09. The number of hydrogen-bond donors (Lipinski definition) is 2. The van der Waals surface area contributed by atoms with Crippen LogP contribution in [-0.4, -0.2) is 34.5 Å². The topological polar surface area (TPSA) is 84.5 Å². The minimum atomic E-state index is -3.77. The van der Waals surface area contributed by atoms with Crippen LogP contribution in [-0.2, 0) is 21.2 Å². The van der Waals surface area contributed by atoms with Gasteiger partial charge in [0.2, 0.25) is 15.9 Å². The molecule has 0 radical (unpaired) electrons. The zero-order chi connectivity index (χ0) is 19.9. The van der Waals surface area contributed by atoms with Gasteiger partial charge in [0.15, 0.2) is 0 Å². The molecule has 2 N–H and O–H groups in total. The van der Waals surface area contributed by atoms with E-state index in [1.165, 1.54) is 12.7 Å². The van der Waals surface area contributed by atoms with Crippen molar-refractivity contribution in [3.63, 3.8) is 0 Å². The van der Waals surface area contributed by atoms with Gasteiger partial charge in [-0.25, -0.2) is 13.1 Å². The van der Waals surface area contributed by atoms with Gasteiger partial charge < -0.3 is 10.1 Å². The molecule has 146 valence electrons. The lowest BCUT2D eigenvalue weighted by atomic mass is 10.1. The molecular weight excluding hydrogens is 364 g/mol. The maximum absolute atomic E-state index is 12.5. The highest BCUT2D eigenvalue weighted by Crippen LogP contribution is 2.25. The molecule has 0 aliphatic carbocycles. The van der Waals surface area contributed by atoms with Gasteiger partial charge in [-0.15, -0.1) is 0 Å². The SMILES string of the molecule is COc1cc(C)c(S(=O)(=O)NCC(=O)NCCCc2ccccc2)cc1C. The Kier molecular flexibility index (Phi) is 7.38. The van der Waals surface area contributed by atoms with Gasteiger partial charge in [0.25, 0.3) is 0 Å². The Morgan fingerprint density at radius 2 is 1.78 bits per heavy atom. The van der Waals surface area contributed by atoms with Crippen LogP contribution in [0, 0.1) is 13.8 Å². The van der Waals surface area contributed by atoms with Crippen LogP contribution in [0.5, 0.6) is 5.75 Å². The molecule has 0 aliphatic heterocycles. The normalized spacial score (nSPS) is 11.2. The molecule has 0 aromatic heterocycles. The Morgan fingerprint density at radius 1 is 1.07 bits per heavy atom. The van der Waals surface area contributed by atoms with Crippen molar-refractivity contribution in [2.24, 2.45) is 0 Å². The van der Waals surface area contributed by atoms with Gasteiger partial charge in [-0.2, -0.15) is 0 Å². The number of sulfonamides is 1. The fourth-order valence-corrected chi connectivity index (χ4v) is 4.03. The summed E-state index contributed by atoms with van der Waals surface area (Å²) in [5.74, 6) is 0.275. The molecule has 0 spiro atoms. The third kappa shape index (κ3) is 6.08. The van der Waals surface area contributed by atoms with E-state index in [0.29, 0.717) is 23.4 Å². The smallest absolute Gasteiger partial charge is 0.241 e. The van der Waals surface area contributed by atoms with Gasteiger partial charge in [0.05, 0.1) is 18.6 Å². The van der Waals surface area contributed by atoms with Crippen LogP contribution in [0.3, 0.4) is 0 Å². The molecule has 6 nitrogen and oxygen atoms in total. The van der Waals surface area contributed by atoms with Crippen molar-refractivity contribution < 1.29 is 17.9 Å². The van der Waals surface area contributed by atoms with Gasteiger partial charge in [-0.05, 0) is 55.5 Å². The van der Waals surface area contributed by atoms with Crippen LogP contribution in [0.4, 0.5) is 0 Å². The average molecular weight is 391 g/mol. The van der Waals surface area contributed by atoms with E-state index in [2.05, 4.69) is 10.0 Å². The second-order valence-electron chi connectivity index (χ2n) is 6.35. The number of rotatable bonds is 9. The molecule has 0 saturated heterocycles. The highest BCUT2D eigenvalue weighted by Gasteiger charge is 2.19. The van der Waals surface area contributed by atoms with Crippen molar-refractivity contribution in [2.45, 2.75) is 31.6 Å². The van der Waals surface area contributed by atoms with Gasteiger partial charge in [-0.1, -0.05) is 30.3 Å². The van der Waals surface area contributed by atoms with E-state index in [1.807, 2.05) is 30.3 Å². The van der Waals surface area contributed by atoms with Crippen LogP contribution in [0.2, 0.25) is 0 Å². The van der Waals surface area contributed by atoms with Crippen LogP contribution in [0.1, 0.15) is 23.1 Å². The predicted octanol–water partition coefficient (Wildman–Crippen LogP) is 2.34. The zero-order valence-corrected chi connectivity index (χ0v) is 16.7. The molecule has 0 heterocycles. The molecular formula is C20H26N2O4S.